The largest absolute Gasteiger partial charge is 0.372 e. The molecule has 0 aliphatic heterocycles. The van der Waals surface area contributed by atoms with Crippen LogP contribution < -0.4 is 5.73 Å². The fraction of sp³-hybridized carbons (Fsp3) is 0.538. The Balaban J connectivity index is 2.28. The number of hydrogen-bond donors (Lipinski definition) is 1. The van der Waals surface area contributed by atoms with E-state index in [1.165, 1.54) is 18.4 Å². The molecule has 1 unspecified atom stereocenters. The van der Waals surface area contributed by atoms with Crippen molar-refractivity contribution in [3.8, 4) is 0 Å². The molecule has 0 aliphatic rings. The monoisotopic (exact) mass is 207 g/mol. The summed E-state index contributed by atoms with van der Waals surface area (Å²) >= 11 is 0. The molecular formula is C13H21NO. The molecule has 0 bridgehead atoms. The van der Waals surface area contributed by atoms with Gasteiger partial charge in [-0.1, -0.05) is 50.1 Å². The average Bonchev–Trinajstić information content (AvgIpc) is 2.31. The Morgan fingerprint density at radius 2 is 2.00 bits per heavy atom. The molecule has 0 saturated carbocycles. The van der Waals surface area contributed by atoms with E-state index in [0.29, 0.717) is 13.2 Å². The zero-order valence-electron chi connectivity index (χ0n) is 9.49. The van der Waals surface area contributed by atoms with Gasteiger partial charge in [0.05, 0.1) is 12.7 Å². The number of ether oxygens (including phenoxy) is 1. The van der Waals surface area contributed by atoms with E-state index in [0.717, 1.165) is 6.42 Å². The van der Waals surface area contributed by atoms with Crippen LogP contribution in [0.15, 0.2) is 30.3 Å². The Morgan fingerprint density at radius 3 is 2.60 bits per heavy atom. The third-order valence-electron chi connectivity index (χ3n) is 2.47. The van der Waals surface area contributed by atoms with Gasteiger partial charge in [-0.2, -0.15) is 0 Å². The molecule has 0 aromatic heterocycles. The Labute approximate surface area is 92.4 Å². The Morgan fingerprint density at radius 1 is 1.27 bits per heavy atom. The van der Waals surface area contributed by atoms with Crippen LogP contribution in [-0.4, -0.2) is 12.6 Å². The molecule has 84 valence electrons. The van der Waals surface area contributed by atoms with Gasteiger partial charge in [0.15, 0.2) is 0 Å². The van der Waals surface area contributed by atoms with Gasteiger partial charge in [0.2, 0.25) is 0 Å². The van der Waals surface area contributed by atoms with Crippen molar-refractivity contribution in [1.29, 1.82) is 0 Å². The van der Waals surface area contributed by atoms with Gasteiger partial charge in [-0.05, 0) is 12.0 Å². The number of nitrogens with two attached hydrogens (primary N) is 1. The van der Waals surface area contributed by atoms with Crippen LogP contribution in [0.2, 0.25) is 0 Å². The highest BCUT2D eigenvalue weighted by molar-refractivity contribution is 5.13. The summed E-state index contributed by atoms with van der Waals surface area (Å²) in [5, 5.41) is 0. The molecule has 0 heterocycles. The van der Waals surface area contributed by atoms with E-state index in [1.807, 2.05) is 18.2 Å². The van der Waals surface area contributed by atoms with Crippen molar-refractivity contribution in [2.24, 2.45) is 5.73 Å². The number of rotatable bonds is 7. The molecule has 0 amide bonds. The first-order chi connectivity index (χ1) is 7.36. The maximum absolute atomic E-state index is 5.75. The second-order valence-electron chi connectivity index (χ2n) is 3.80. The second kappa shape index (κ2) is 7.43. The zero-order valence-corrected chi connectivity index (χ0v) is 9.49. The molecule has 2 heteroatoms. The third-order valence-corrected chi connectivity index (χ3v) is 2.47. The fourth-order valence-corrected chi connectivity index (χ4v) is 1.49. The lowest BCUT2D eigenvalue weighted by Gasteiger charge is -2.15. The van der Waals surface area contributed by atoms with E-state index >= 15 is 0 Å². The normalized spacial score (nSPS) is 12.7. The van der Waals surface area contributed by atoms with E-state index in [9.17, 15) is 0 Å². The standard InChI is InChI=1S/C13H21NO/c1-2-3-9-13(10-14)15-11-12-7-5-4-6-8-12/h4-8,13H,2-3,9-11,14H2,1H3. The van der Waals surface area contributed by atoms with Gasteiger partial charge in [0, 0.05) is 6.54 Å². The van der Waals surface area contributed by atoms with Gasteiger partial charge in [0.25, 0.3) is 0 Å². The first-order valence-electron chi connectivity index (χ1n) is 5.72. The van der Waals surface area contributed by atoms with Crippen molar-refractivity contribution in [1.82, 2.24) is 0 Å². The van der Waals surface area contributed by atoms with Crippen LogP contribution >= 0.6 is 0 Å². The van der Waals surface area contributed by atoms with Crippen LogP contribution in [0.3, 0.4) is 0 Å². The first-order valence-corrected chi connectivity index (χ1v) is 5.72. The summed E-state index contributed by atoms with van der Waals surface area (Å²) in [6.45, 7) is 3.48. The summed E-state index contributed by atoms with van der Waals surface area (Å²) < 4.78 is 5.75. The predicted molar refractivity (Wildman–Crippen MR) is 63.6 cm³/mol. The summed E-state index contributed by atoms with van der Waals surface area (Å²) in [6.07, 6.45) is 3.67. The summed E-state index contributed by atoms with van der Waals surface area (Å²) in [7, 11) is 0. The molecule has 0 aliphatic carbocycles. The van der Waals surface area contributed by atoms with Crippen LogP contribution in [0.25, 0.3) is 0 Å². The van der Waals surface area contributed by atoms with Crippen molar-refractivity contribution in [3.05, 3.63) is 35.9 Å². The molecule has 1 aromatic rings. The zero-order chi connectivity index (χ0) is 10.9. The molecule has 0 fully saturated rings. The minimum atomic E-state index is 0.213. The molecule has 0 radical (unpaired) electrons. The fourth-order valence-electron chi connectivity index (χ4n) is 1.49. The molecule has 1 aromatic carbocycles. The molecule has 2 N–H and O–H groups in total. The van der Waals surface area contributed by atoms with E-state index in [-0.39, 0.29) is 6.10 Å². The quantitative estimate of drug-likeness (QED) is 0.746. The summed E-state index contributed by atoms with van der Waals surface area (Å²) in [5.74, 6) is 0. The van der Waals surface area contributed by atoms with Crippen LogP contribution in [0.5, 0.6) is 0 Å². The van der Waals surface area contributed by atoms with Gasteiger partial charge >= 0.3 is 0 Å². The van der Waals surface area contributed by atoms with Gasteiger partial charge in [0.1, 0.15) is 0 Å². The highest BCUT2D eigenvalue weighted by Crippen LogP contribution is 2.07. The molecule has 0 spiro atoms. The molecule has 2 nitrogen and oxygen atoms in total. The molecule has 1 atom stereocenters. The van der Waals surface area contributed by atoms with Crippen molar-refractivity contribution in [2.45, 2.75) is 38.9 Å². The van der Waals surface area contributed by atoms with Gasteiger partial charge < -0.3 is 10.5 Å². The van der Waals surface area contributed by atoms with Crippen LogP contribution in [0.4, 0.5) is 0 Å². The van der Waals surface area contributed by atoms with Crippen LogP contribution in [-0.2, 0) is 11.3 Å². The van der Waals surface area contributed by atoms with Gasteiger partial charge in [-0.15, -0.1) is 0 Å². The van der Waals surface area contributed by atoms with E-state index in [1.54, 1.807) is 0 Å². The van der Waals surface area contributed by atoms with E-state index in [2.05, 4.69) is 19.1 Å². The predicted octanol–water partition coefficient (Wildman–Crippen LogP) is 2.72. The number of unbranched alkanes of at least 4 members (excludes halogenated alkanes) is 1. The minimum Gasteiger partial charge on any atom is -0.372 e. The Bertz CT molecular complexity index is 248. The molecule has 15 heavy (non-hydrogen) atoms. The summed E-state index contributed by atoms with van der Waals surface area (Å²) in [6, 6.07) is 10.2. The molecular weight excluding hydrogens is 186 g/mol. The van der Waals surface area contributed by atoms with Crippen molar-refractivity contribution < 1.29 is 4.74 Å². The number of benzene rings is 1. The van der Waals surface area contributed by atoms with E-state index in [4.69, 9.17) is 10.5 Å². The average molecular weight is 207 g/mol. The van der Waals surface area contributed by atoms with Crippen molar-refractivity contribution in [3.63, 3.8) is 0 Å². The summed E-state index contributed by atoms with van der Waals surface area (Å²) in [5.41, 5.74) is 6.87. The smallest absolute Gasteiger partial charge is 0.0721 e. The first kappa shape index (κ1) is 12.2. The van der Waals surface area contributed by atoms with E-state index < -0.39 is 0 Å². The topological polar surface area (TPSA) is 35.2 Å². The summed E-state index contributed by atoms with van der Waals surface area (Å²) in [4.78, 5) is 0. The lowest BCUT2D eigenvalue weighted by molar-refractivity contribution is 0.0395. The number of hydrogen-bond acceptors (Lipinski definition) is 2. The minimum absolute atomic E-state index is 0.213. The highest BCUT2D eigenvalue weighted by Gasteiger charge is 2.05. The van der Waals surface area contributed by atoms with Gasteiger partial charge in [-0.3, -0.25) is 0 Å². The maximum atomic E-state index is 5.75. The molecule has 0 saturated heterocycles. The van der Waals surface area contributed by atoms with Gasteiger partial charge in [-0.25, -0.2) is 0 Å². The SMILES string of the molecule is CCCCC(CN)OCc1ccccc1. The lowest BCUT2D eigenvalue weighted by Crippen LogP contribution is -2.23. The van der Waals surface area contributed by atoms with Crippen molar-refractivity contribution >= 4 is 0 Å². The maximum Gasteiger partial charge on any atom is 0.0721 e. The molecule has 1 rings (SSSR count). The van der Waals surface area contributed by atoms with Crippen molar-refractivity contribution in [2.75, 3.05) is 6.54 Å². The third kappa shape index (κ3) is 4.96. The van der Waals surface area contributed by atoms with Crippen LogP contribution in [0.1, 0.15) is 31.7 Å². The second-order valence-corrected chi connectivity index (χ2v) is 3.80. The Kier molecular flexibility index (Phi) is 6.05. The Hall–Kier alpha value is -0.860. The lowest BCUT2D eigenvalue weighted by atomic mass is 10.1. The highest BCUT2D eigenvalue weighted by atomic mass is 16.5. The van der Waals surface area contributed by atoms with Crippen LogP contribution in [0, 0.1) is 0 Å².